The number of hydrogen-bond acceptors (Lipinski definition) is 8. The molecule has 8 nitrogen and oxygen atoms in total. The number of sulfonamides is 1. The Hall–Kier alpha value is -2.83. The van der Waals surface area contributed by atoms with Crippen molar-refractivity contribution < 1.29 is 17.9 Å². The van der Waals surface area contributed by atoms with Crippen molar-refractivity contribution in [2.45, 2.75) is 9.92 Å². The number of thioether (sulfide) groups is 1. The quantitative estimate of drug-likeness (QED) is 0.286. The number of fused-ring (bicyclic) bond motifs is 1. The van der Waals surface area contributed by atoms with Gasteiger partial charge in [0.25, 0.3) is 0 Å². The van der Waals surface area contributed by atoms with Crippen LogP contribution in [0.5, 0.6) is 0 Å². The number of rotatable bonds is 7. The van der Waals surface area contributed by atoms with Crippen molar-refractivity contribution in [1.29, 1.82) is 0 Å². The molecule has 1 aliphatic rings. The van der Waals surface area contributed by atoms with E-state index in [1.807, 2.05) is 18.2 Å². The highest BCUT2D eigenvalue weighted by Gasteiger charge is 2.26. The predicted octanol–water partition coefficient (Wildman–Crippen LogP) is 4.11. The minimum atomic E-state index is -3.57. The Morgan fingerprint density at radius 1 is 1.06 bits per heavy atom. The molecule has 4 aromatic rings. The van der Waals surface area contributed by atoms with Crippen LogP contribution in [-0.4, -0.2) is 60.7 Å². The summed E-state index contributed by atoms with van der Waals surface area (Å²) in [5, 5.41) is 4.49. The molecule has 0 atom stereocenters. The summed E-state index contributed by atoms with van der Waals surface area (Å²) in [5.41, 5.74) is 1.65. The Labute approximate surface area is 211 Å². The number of hydrogen-bond donors (Lipinski definition) is 1. The first kappa shape index (κ1) is 23.9. The fourth-order valence-corrected chi connectivity index (χ4v) is 6.92. The molecule has 1 fully saturated rings. The van der Waals surface area contributed by atoms with Gasteiger partial charge in [0.15, 0.2) is 0 Å². The molecule has 0 spiro atoms. The van der Waals surface area contributed by atoms with Crippen LogP contribution in [0.25, 0.3) is 20.7 Å². The van der Waals surface area contributed by atoms with E-state index in [0.29, 0.717) is 32.0 Å². The summed E-state index contributed by atoms with van der Waals surface area (Å²) < 4.78 is 32.1. The van der Waals surface area contributed by atoms with Gasteiger partial charge in [0.05, 0.1) is 23.9 Å². The molecule has 1 aliphatic heterocycles. The highest BCUT2D eigenvalue weighted by atomic mass is 32.2. The third-order valence-corrected chi connectivity index (χ3v) is 9.45. The Morgan fingerprint density at radius 3 is 2.54 bits per heavy atom. The standard InChI is InChI=1S/C24H22N4O4S3/c29-22(27-18-6-8-19(9-7-18)35(30,31)28-10-12-32-13-11-28)15-33-23-20-14-21(17-4-2-1-3-5-17)34-24(20)26-16-25-23/h1-9,14,16H,10-13,15H2,(H,27,29). The first-order valence-corrected chi connectivity index (χ1v) is 14.2. The highest BCUT2D eigenvalue weighted by Crippen LogP contribution is 2.36. The molecule has 5 rings (SSSR count). The van der Waals surface area contributed by atoms with Gasteiger partial charge in [-0.1, -0.05) is 42.1 Å². The molecule has 0 aliphatic carbocycles. The van der Waals surface area contributed by atoms with E-state index in [2.05, 4.69) is 33.5 Å². The molecule has 1 N–H and O–H groups in total. The third kappa shape index (κ3) is 5.39. The average molecular weight is 527 g/mol. The second-order valence-electron chi connectivity index (χ2n) is 7.75. The number of amides is 1. The summed E-state index contributed by atoms with van der Waals surface area (Å²) >= 11 is 2.93. The molecule has 35 heavy (non-hydrogen) atoms. The maximum atomic E-state index is 12.7. The number of nitrogens with one attached hydrogen (secondary N) is 1. The Morgan fingerprint density at radius 2 is 1.80 bits per heavy atom. The van der Waals surface area contributed by atoms with E-state index >= 15 is 0 Å². The monoisotopic (exact) mass is 526 g/mol. The van der Waals surface area contributed by atoms with E-state index in [1.165, 1.54) is 34.5 Å². The van der Waals surface area contributed by atoms with E-state index in [-0.39, 0.29) is 16.6 Å². The van der Waals surface area contributed by atoms with Crippen molar-refractivity contribution in [3.8, 4) is 10.4 Å². The molecule has 3 heterocycles. The Bertz CT molecular complexity index is 1430. The summed E-state index contributed by atoms with van der Waals surface area (Å²) in [7, 11) is -3.57. The van der Waals surface area contributed by atoms with Gasteiger partial charge in [0, 0.05) is 29.0 Å². The number of aromatic nitrogens is 2. The molecule has 0 unspecified atom stereocenters. The van der Waals surface area contributed by atoms with E-state index < -0.39 is 10.0 Å². The normalized spacial score (nSPS) is 14.7. The zero-order valence-corrected chi connectivity index (χ0v) is 21.0. The van der Waals surface area contributed by atoms with Gasteiger partial charge in [-0.3, -0.25) is 4.79 Å². The number of nitrogens with zero attached hydrogens (tertiary/aromatic N) is 3. The third-order valence-electron chi connectivity index (χ3n) is 5.44. The van der Waals surface area contributed by atoms with Crippen LogP contribution in [0, 0.1) is 0 Å². The Kier molecular flexibility index (Phi) is 7.12. The summed E-state index contributed by atoms with van der Waals surface area (Å²) in [6.45, 7) is 1.46. The van der Waals surface area contributed by atoms with Crippen LogP contribution in [0.2, 0.25) is 0 Å². The SMILES string of the molecule is O=C(CSc1ncnc2sc(-c3ccccc3)cc12)Nc1ccc(S(=O)(=O)N2CCOCC2)cc1. The zero-order chi connectivity index (χ0) is 24.3. The van der Waals surface area contributed by atoms with Gasteiger partial charge >= 0.3 is 0 Å². The van der Waals surface area contributed by atoms with Gasteiger partial charge in [0.2, 0.25) is 15.9 Å². The largest absolute Gasteiger partial charge is 0.379 e. The van der Waals surface area contributed by atoms with Crippen LogP contribution in [0.3, 0.4) is 0 Å². The number of carbonyl (C=O) groups excluding carboxylic acids is 1. The summed E-state index contributed by atoms with van der Waals surface area (Å²) in [6.07, 6.45) is 1.52. The van der Waals surface area contributed by atoms with Crippen molar-refractivity contribution in [2.75, 3.05) is 37.4 Å². The van der Waals surface area contributed by atoms with E-state index in [4.69, 9.17) is 4.74 Å². The summed E-state index contributed by atoms with van der Waals surface area (Å²) in [5.74, 6) is -0.0414. The summed E-state index contributed by atoms with van der Waals surface area (Å²) in [4.78, 5) is 23.5. The molecular formula is C24H22N4O4S3. The minimum absolute atomic E-state index is 0.163. The second-order valence-corrected chi connectivity index (χ2v) is 11.7. The molecular weight excluding hydrogens is 504 g/mol. The van der Waals surface area contributed by atoms with E-state index in [0.717, 1.165) is 25.7 Å². The fraction of sp³-hybridized carbons (Fsp3) is 0.208. The molecule has 2 aromatic carbocycles. The number of carbonyl (C=O) groups is 1. The molecule has 0 radical (unpaired) electrons. The lowest BCUT2D eigenvalue weighted by Gasteiger charge is -2.26. The molecule has 11 heteroatoms. The lowest BCUT2D eigenvalue weighted by Crippen LogP contribution is -2.40. The first-order valence-electron chi connectivity index (χ1n) is 10.9. The van der Waals surface area contributed by atoms with Crippen LogP contribution >= 0.6 is 23.1 Å². The molecule has 2 aromatic heterocycles. The molecule has 0 saturated carbocycles. The van der Waals surface area contributed by atoms with Gasteiger partial charge < -0.3 is 10.1 Å². The van der Waals surface area contributed by atoms with E-state index in [1.54, 1.807) is 23.5 Å². The lowest BCUT2D eigenvalue weighted by atomic mass is 10.2. The number of thiophene rings is 1. The van der Waals surface area contributed by atoms with Crippen molar-refractivity contribution in [3.63, 3.8) is 0 Å². The van der Waals surface area contributed by atoms with Crippen LogP contribution in [0.1, 0.15) is 0 Å². The first-order chi connectivity index (χ1) is 17.0. The van der Waals surface area contributed by atoms with Gasteiger partial charge in [-0.15, -0.1) is 11.3 Å². The highest BCUT2D eigenvalue weighted by molar-refractivity contribution is 8.00. The molecule has 180 valence electrons. The zero-order valence-electron chi connectivity index (χ0n) is 18.6. The van der Waals surface area contributed by atoms with E-state index in [9.17, 15) is 13.2 Å². The van der Waals surface area contributed by atoms with Crippen LogP contribution < -0.4 is 5.32 Å². The number of ether oxygens (including phenoxy) is 1. The van der Waals surface area contributed by atoms with Crippen molar-refractivity contribution in [1.82, 2.24) is 14.3 Å². The van der Waals surface area contributed by atoms with Gasteiger partial charge in [-0.2, -0.15) is 4.31 Å². The van der Waals surface area contributed by atoms with Gasteiger partial charge in [0.1, 0.15) is 16.2 Å². The fourth-order valence-electron chi connectivity index (χ4n) is 3.67. The van der Waals surface area contributed by atoms with Crippen LogP contribution in [0.4, 0.5) is 5.69 Å². The van der Waals surface area contributed by atoms with Crippen LogP contribution in [0.15, 0.2) is 76.9 Å². The smallest absolute Gasteiger partial charge is 0.243 e. The minimum Gasteiger partial charge on any atom is -0.379 e. The molecule has 0 bridgehead atoms. The predicted molar refractivity (Wildman–Crippen MR) is 138 cm³/mol. The molecule has 1 saturated heterocycles. The second kappa shape index (κ2) is 10.4. The average Bonchev–Trinajstić information content (AvgIpc) is 3.34. The summed E-state index contributed by atoms with van der Waals surface area (Å²) in [6, 6.07) is 18.4. The van der Waals surface area contributed by atoms with Crippen molar-refractivity contribution in [3.05, 3.63) is 67.0 Å². The number of morpholine rings is 1. The van der Waals surface area contributed by atoms with Gasteiger partial charge in [-0.25, -0.2) is 18.4 Å². The van der Waals surface area contributed by atoms with Crippen molar-refractivity contribution >= 4 is 54.9 Å². The topological polar surface area (TPSA) is 101 Å². The number of anilines is 1. The Balaban J connectivity index is 1.23. The maximum Gasteiger partial charge on any atom is 0.243 e. The van der Waals surface area contributed by atoms with Gasteiger partial charge in [-0.05, 0) is 35.9 Å². The maximum absolute atomic E-state index is 12.7. The van der Waals surface area contributed by atoms with Crippen molar-refractivity contribution in [2.24, 2.45) is 0 Å². The molecule has 1 amide bonds. The lowest BCUT2D eigenvalue weighted by molar-refractivity contribution is -0.113. The number of benzene rings is 2. The van der Waals surface area contributed by atoms with Crippen LogP contribution in [-0.2, 0) is 19.6 Å².